The van der Waals surface area contributed by atoms with E-state index in [1.54, 1.807) is 11.0 Å². The van der Waals surface area contributed by atoms with Gasteiger partial charge in [0, 0.05) is 11.3 Å². The van der Waals surface area contributed by atoms with E-state index in [0.717, 1.165) is 11.3 Å². The predicted molar refractivity (Wildman–Crippen MR) is 116 cm³/mol. The lowest BCUT2D eigenvalue weighted by molar-refractivity contribution is -0.149. The highest BCUT2D eigenvalue weighted by molar-refractivity contribution is 7.12. The molecule has 150 valence electrons. The van der Waals surface area contributed by atoms with Crippen LogP contribution in [0.25, 0.3) is 0 Å². The number of esters is 1. The van der Waals surface area contributed by atoms with Crippen molar-refractivity contribution in [3.63, 3.8) is 0 Å². The molecule has 0 aliphatic carbocycles. The first-order valence-electron chi connectivity index (χ1n) is 9.26. The number of carbonyl (C=O) groups excluding carboxylic acids is 2. The molecule has 4 nitrogen and oxygen atoms in total. The smallest absolute Gasteiger partial charge is 0.335 e. The number of thiophene rings is 1. The van der Waals surface area contributed by atoms with E-state index in [2.05, 4.69) is 27.4 Å². The van der Waals surface area contributed by atoms with Crippen molar-refractivity contribution >= 4 is 28.9 Å². The summed E-state index contributed by atoms with van der Waals surface area (Å²) in [5.41, 5.74) is 1.25. The van der Waals surface area contributed by atoms with E-state index in [-0.39, 0.29) is 23.4 Å². The Bertz CT molecular complexity index is 855. The lowest BCUT2D eigenvalue weighted by Gasteiger charge is -2.30. The zero-order valence-corrected chi connectivity index (χ0v) is 18.4. The molecule has 0 radical (unpaired) electrons. The van der Waals surface area contributed by atoms with Gasteiger partial charge in [-0.1, -0.05) is 51.6 Å². The van der Waals surface area contributed by atoms with Crippen LogP contribution >= 0.6 is 11.3 Å². The Labute approximate surface area is 171 Å². The van der Waals surface area contributed by atoms with Crippen LogP contribution in [0.15, 0.2) is 53.9 Å². The second-order valence-electron chi connectivity index (χ2n) is 8.74. The van der Waals surface area contributed by atoms with Crippen molar-refractivity contribution in [2.24, 2.45) is 0 Å². The molecule has 1 heterocycles. The Morgan fingerprint density at radius 2 is 1.68 bits per heavy atom. The van der Waals surface area contributed by atoms with Gasteiger partial charge in [0.05, 0.1) is 11.4 Å². The number of ether oxygens (including phenoxy) is 1. The third-order valence-corrected chi connectivity index (χ3v) is 4.87. The summed E-state index contributed by atoms with van der Waals surface area (Å²) in [5, 5.41) is 1.86. The van der Waals surface area contributed by atoms with Crippen LogP contribution in [0.3, 0.4) is 0 Å². The largest absolute Gasteiger partial charge is 0.457 e. The molecule has 0 saturated heterocycles. The SMILES string of the molecule is C=C(CN(C(=O)c1cccs1)c1ccccc1C(C)(C)C)C(=O)OC(C)(C)C. The molecule has 2 rings (SSSR count). The van der Waals surface area contributed by atoms with Crippen molar-refractivity contribution in [1.82, 2.24) is 0 Å². The number of hydrogen-bond donors (Lipinski definition) is 0. The summed E-state index contributed by atoms with van der Waals surface area (Å²) in [7, 11) is 0. The average molecular weight is 400 g/mol. The van der Waals surface area contributed by atoms with Gasteiger partial charge in [-0.25, -0.2) is 4.79 Å². The fraction of sp³-hybridized carbons (Fsp3) is 0.391. The lowest BCUT2D eigenvalue weighted by atomic mass is 9.85. The molecule has 1 aromatic carbocycles. The van der Waals surface area contributed by atoms with Crippen molar-refractivity contribution in [2.45, 2.75) is 52.6 Å². The van der Waals surface area contributed by atoms with Crippen LogP contribution in [-0.4, -0.2) is 24.0 Å². The summed E-state index contributed by atoms with van der Waals surface area (Å²) in [5.74, 6) is -0.652. The number of benzene rings is 1. The van der Waals surface area contributed by atoms with Crippen molar-refractivity contribution < 1.29 is 14.3 Å². The van der Waals surface area contributed by atoms with Gasteiger partial charge in [-0.3, -0.25) is 4.79 Å². The lowest BCUT2D eigenvalue weighted by Crippen LogP contribution is -2.36. The van der Waals surface area contributed by atoms with Gasteiger partial charge in [0.1, 0.15) is 5.60 Å². The van der Waals surface area contributed by atoms with Crippen LogP contribution in [0, 0.1) is 0 Å². The Hall–Kier alpha value is -2.40. The number of amides is 1. The van der Waals surface area contributed by atoms with Crippen molar-refractivity contribution in [3.8, 4) is 0 Å². The minimum absolute atomic E-state index is 0.0682. The molecule has 0 atom stereocenters. The van der Waals surface area contributed by atoms with Gasteiger partial charge in [0.15, 0.2) is 0 Å². The minimum Gasteiger partial charge on any atom is -0.457 e. The van der Waals surface area contributed by atoms with E-state index < -0.39 is 11.6 Å². The Balaban J connectivity index is 2.44. The highest BCUT2D eigenvalue weighted by Crippen LogP contribution is 2.33. The molecule has 0 unspecified atom stereocenters. The van der Waals surface area contributed by atoms with Gasteiger partial charge in [0.2, 0.25) is 0 Å². The molecule has 0 fully saturated rings. The van der Waals surface area contributed by atoms with Crippen LogP contribution in [-0.2, 0) is 14.9 Å². The highest BCUT2D eigenvalue weighted by Gasteiger charge is 2.28. The molecule has 1 aromatic heterocycles. The molecule has 2 aromatic rings. The second kappa shape index (κ2) is 8.31. The summed E-state index contributed by atoms with van der Waals surface area (Å²) < 4.78 is 5.43. The fourth-order valence-electron chi connectivity index (χ4n) is 2.75. The van der Waals surface area contributed by atoms with Gasteiger partial charge in [0.25, 0.3) is 5.91 Å². The number of rotatable bonds is 5. The van der Waals surface area contributed by atoms with Crippen molar-refractivity contribution in [1.29, 1.82) is 0 Å². The summed E-state index contributed by atoms with van der Waals surface area (Å²) in [6, 6.07) is 11.4. The molecule has 0 aliphatic heterocycles. The first-order valence-corrected chi connectivity index (χ1v) is 10.1. The standard InChI is InChI=1S/C23H29NO3S/c1-16(21(26)27-23(5,6)7)15-24(20(25)19-13-10-14-28-19)18-12-9-8-11-17(18)22(2,3)4/h8-14H,1,15H2,2-7H3. The quantitative estimate of drug-likeness (QED) is 0.486. The molecule has 0 N–H and O–H groups in total. The summed E-state index contributed by atoms with van der Waals surface area (Å²) in [6.07, 6.45) is 0. The molecular weight excluding hydrogens is 370 g/mol. The maximum absolute atomic E-state index is 13.3. The number of carbonyl (C=O) groups is 2. The number of anilines is 1. The van der Waals surface area contributed by atoms with Crippen molar-refractivity contribution in [2.75, 3.05) is 11.4 Å². The molecule has 0 spiro atoms. The van der Waals surface area contributed by atoms with Crippen LogP contribution in [0.1, 0.15) is 56.8 Å². The van der Waals surface area contributed by atoms with E-state index in [9.17, 15) is 9.59 Å². The van der Waals surface area contributed by atoms with E-state index in [0.29, 0.717) is 4.88 Å². The van der Waals surface area contributed by atoms with Gasteiger partial charge in [-0.05, 0) is 49.3 Å². The van der Waals surface area contributed by atoms with Gasteiger partial charge in [-0.2, -0.15) is 0 Å². The summed E-state index contributed by atoms with van der Waals surface area (Å²) in [4.78, 5) is 28.0. The van der Waals surface area contributed by atoms with E-state index in [1.807, 2.05) is 56.5 Å². The van der Waals surface area contributed by atoms with Crippen LogP contribution in [0.4, 0.5) is 5.69 Å². The summed E-state index contributed by atoms with van der Waals surface area (Å²) in [6.45, 7) is 15.7. The molecule has 0 aliphatic rings. The first-order chi connectivity index (χ1) is 12.9. The molecular formula is C23H29NO3S. The third-order valence-electron chi connectivity index (χ3n) is 4.02. The molecule has 28 heavy (non-hydrogen) atoms. The monoisotopic (exact) mass is 399 g/mol. The van der Waals surface area contributed by atoms with Gasteiger partial charge < -0.3 is 9.64 Å². The molecule has 5 heteroatoms. The number of hydrogen-bond acceptors (Lipinski definition) is 4. The van der Waals surface area contributed by atoms with Gasteiger partial charge in [-0.15, -0.1) is 11.3 Å². The number of nitrogens with zero attached hydrogens (tertiary/aromatic N) is 1. The van der Waals surface area contributed by atoms with Crippen LogP contribution in [0.2, 0.25) is 0 Å². The zero-order chi connectivity index (χ0) is 21.1. The predicted octanol–water partition coefficient (Wildman–Crippen LogP) is 5.59. The number of para-hydroxylation sites is 1. The molecule has 0 saturated carbocycles. The van der Waals surface area contributed by atoms with Crippen LogP contribution in [0.5, 0.6) is 0 Å². The Kier molecular flexibility index (Phi) is 6.50. The average Bonchev–Trinajstić information content (AvgIpc) is 3.11. The normalized spacial score (nSPS) is 11.8. The molecule has 0 bridgehead atoms. The Morgan fingerprint density at radius 3 is 2.21 bits per heavy atom. The topological polar surface area (TPSA) is 46.6 Å². The highest BCUT2D eigenvalue weighted by atomic mass is 32.1. The maximum atomic E-state index is 13.3. The fourth-order valence-corrected chi connectivity index (χ4v) is 3.42. The van der Waals surface area contributed by atoms with E-state index in [4.69, 9.17) is 4.74 Å². The zero-order valence-electron chi connectivity index (χ0n) is 17.5. The van der Waals surface area contributed by atoms with Gasteiger partial charge >= 0.3 is 5.97 Å². The second-order valence-corrected chi connectivity index (χ2v) is 9.69. The van der Waals surface area contributed by atoms with Crippen molar-refractivity contribution in [3.05, 3.63) is 64.4 Å². The minimum atomic E-state index is -0.619. The first kappa shape index (κ1) is 21.9. The Morgan fingerprint density at radius 1 is 1.04 bits per heavy atom. The maximum Gasteiger partial charge on any atom is 0.335 e. The summed E-state index contributed by atoms with van der Waals surface area (Å²) >= 11 is 1.38. The van der Waals surface area contributed by atoms with E-state index in [1.165, 1.54) is 11.3 Å². The molecule has 1 amide bonds. The third kappa shape index (κ3) is 5.55. The van der Waals surface area contributed by atoms with Crippen LogP contribution < -0.4 is 4.90 Å². The van der Waals surface area contributed by atoms with E-state index >= 15 is 0 Å².